The molecule has 63 heavy (non-hydrogen) atoms. The van der Waals surface area contributed by atoms with E-state index >= 15 is 0 Å². The number of carbonyl (C=O) groups is 2. The number of amides is 2. The van der Waals surface area contributed by atoms with Crippen molar-refractivity contribution in [3.05, 3.63) is 80.4 Å². The molecule has 2 aliphatic heterocycles. The third-order valence-corrected chi connectivity index (χ3v) is 12.8. The van der Waals surface area contributed by atoms with E-state index < -0.39 is 0 Å². The second kappa shape index (κ2) is 21.8. The van der Waals surface area contributed by atoms with E-state index in [9.17, 15) is 9.59 Å². The van der Waals surface area contributed by atoms with Gasteiger partial charge in [-0.05, 0) is 146 Å². The summed E-state index contributed by atoms with van der Waals surface area (Å²) in [6.07, 6.45) is 5.21. The van der Waals surface area contributed by atoms with Gasteiger partial charge in [-0.3, -0.25) is 9.59 Å². The molecule has 2 amide bonds. The minimum Gasteiger partial charge on any atom is -0.355 e. The molecule has 0 unspecified atom stereocenters. The molecule has 0 fully saturated rings. The van der Waals surface area contributed by atoms with Gasteiger partial charge >= 0.3 is 0 Å². The maximum atomic E-state index is 13.2. The van der Waals surface area contributed by atoms with Gasteiger partial charge in [0.1, 0.15) is 0 Å². The quantitative estimate of drug-likeness (QED) is 0.0423. The minimum atomic E-state index is 0.0163. The van der Waals surface area contributed by atoms with Crippen LogP contribution in [-0.4, -0.2) is 89.1 Å². The van der Waals surface area contributed by atoms with Crippen LogP contribution in [-0.2, 0) is 35.3 Å². The van der Waals surface area contributed by atoms with Crippen molar-refractivity contribution in [2.24, 2.45) is 11.5 Å². The number of aromatic nitrogens is 5. The van der Waals surface area contributed by atoms with E-state index in [1.807, 2.05) is 0 Å². The second-order valence-electron chi connectivity index (χ2n) is 16.7. The Hall–Kier alpha value is -5.34. The molecule has 4 aromatic heterocycles. The number of hydrogen-bond donors (Lipinski definition) is 9. The molecule has 2 aliphatic rings. The van der Waals surface area contributed by atoms with Crippen LogP contribution >= 0.6 is 0 Å². The fourth-order valence-electron chi connectivity index (χ4n) is 9.27. The highest BCUT2D eigenvalue weighted by Gasteiger charge is 2.25. The number of carbonyl (C=O) groups excluding carboxylic acids is 2. The number of allylic oxidation sites excluding steroid dienone is 4. The average Bonchev–Trinajstić information content (AvgIpc) is 4.03. The molecule has 6 rings (SSSR count). The van der Waals surface area contributed by atoms with Crippen LogP contribution in [0.1, 0.15) is 123 Å². The van der Waals surface area contributed by atoms with Crippen molar-refractivity contribution in [3.8, 4) is 0 Å². The molecule has 4 aromatic rings. The van der Waals surface area contributed by atoms with Crippen LogP contribution in [0.25, 0.3) is 55.4 Å². The number of H-pyrrole nitrogens is 3. The minimum absolute atomic E-state index is 0.0163. The first-order chi connectivity index (χ1) is 30.5. The van der Waals surface area contributed by atoms with Crippen LogP contribution in [0.3, 0.4) is 0 Å². The van der Waals surface area contributed by atoms with Crippen molar-refractivity contribution in [3.63, 3.8) is 0 Å². The lowest BCUT2D eigenvalue weighted by molar-refractivity contribution is -0.121. The van der Waals surface area contributed by atoms with Gasteiger partial charge in [0.25, 0.3) is 0 Å². The maximum absolute atomic E-state index is 13.2. The standard InChI is InChI=1S/C50H71N11O2/c1-9-33-31(7)49-50-32(8)34(10-2)42(61-50)26-40-30(6)38(14-16-48(63)56-24-22-54-20-18-52)46(58-40)28-44-36(12-4)35(11-3)43(59-44)27-45-37(29(5)39(57-45)25-41(33)60-49)13-15-47(62)55-23-21-53-19-17-51/h25-28,53-54,57-59H,9-24,51-52H2,1-8H3,(H,55,62)(H,56,63). The number of aromatic amines is 3. The molecule has 6 heterocycles. The molecule has 0 saturated carbocycles. The Bertz CT molecular complexity index is 2410. The molecule has 0 spiro atoms. The Labute approximate surface area is 372 Å². The molecule has 338 valence electrons. The van der Waals surface area contributed by atoms with E-state index in [2.05, 4.69) is 116 Å². The third kappa shape index (κ3) is 10.6. The van der Waals surface area contributed by atoms with E-state index in [0.29, 0.717) is 65.0 Å². The third-order valence-electron chi connectivity index (χ3n) is 12.8. The Morgan fingerprint density at radius 3 is 1.25 bits per heavy atom. The molecule has 0 aromatic carbocycles. The molecule has 0 atom stereocenters. The summed E-state index contributed by atoms with van der Waals surface area (Å²) >= 11 is 0. The summed E-state index contributed by atoms with van der Waals surface area (Å²) in [5.74, 6) is 0.0326. The molecular formula is C50H71N11O2. The largest absolute Gasteiger partial charge is 0.355 e. The summed E-state index contributed by atoms with van der Waals surface area (Å²) in [5.41, 5.74) is 32.5. The summed E-state index contributed by atoms with van der Waals surface area (Å²) in [6.45, 7) is 22.4. The van der Waals surface area contributed by atoms with E-state index in [1.165, 1.54) is 22.3 Å². The van der Waals surface area contributed by atoms with Crippen LogP contribution in [0.5, 0.6) is 0 Å². The van der Waals surface area contributed by atoms with Crippen molar-refractivity contribution in [1.82, 2.24) is 46.2 Å². The molecule has 13 heteroatoms. The number of hydrogen-bond acceptors (Lipinski definition) is 8. The topological polar surface area (TPSA) is 207 Å². The SMILES string of the molecule is CCC1=C(C)c2nc1cc1[nH]c(cc3[nH]c(cc4[nH]c(cc5nc2C(C)=C5CC)c(C)c4CCC(=O)NCCNCCN)c(CC)c3CC)c(CCC(=O)NCCNCCN)c1C. The van der Waals surface area contributed by atoms with Crippen molar-refractivity contribution in [1.29, 1.82) is 0 Å². The van der Waals surface area contributed by atoms with Crippen LogP contribution in [0.2, 0.25) is 0 Å². The number of nitrogens with one attached hydrogen (secondary N) is 7. The second-order valence-corrected chi connectivity index (χ2v) is 16.7. The van der Waals surface area contributed by atoms with Crippen LogP contribution in [0.15, 0.2) is 24.3 Å². The summed E-state index contributed by atoms with van der Waals surface area (Å²) in [7, 11) is 0. The molecule has 0 saturated heterocycles. The van der Waals surface area contributed by atoms with Gasteiger partial charge in [0.05, 0.1) is 22.8 Å². The zero-order chi connectivity index (χ0) is 45.2. The Morgan fingerprint density at radius 1 is 0.508 bits per heavy atom. The van der Waals surface area contributed by atoms with E-state index in [-0.39, 0.29) is 11.8 Å². The van der Waals surface area contributed by atoms with E-state index in [0.717, 1.165) is 128 Å². The molecule has 10 bridgehead atoms. The van der Waals surface area contributed by atoms with Gasteiger partial charge in [-0.2, -0.15) is 0 Å². The number of fused-ring (bicyclic) bond motifs is 11. The Kier molecular flexibility index (Phi) is 16.3. The highest BCUT2D eigenvalue weighted by molar-refractivity contribution is 6.00. The van der Waals surface area contributed by atoms with Gasteiger partial charge in [-0.15, -0.1) is 0 Å². The number of nitrogens with zero attached hydrogens (tertiary/aromatic N) is 2. The van der Waals surface area contributed by atoms with Crippen LogP contribution < -0.4 is 32.7 Å². The molecule has 13 nitrogen and oxygen atoms in total. The van der Waals surface area contributed by atoms with Crippen LogP contribution in [0, 0.1) is 13.8 Å². The fraction of sp³-hybridized carbons (Fsp3) is 0.480. The highest BCUT2D eigenvalue weighted by atomic mass is 16.2. The van der Waals surface area contributed by atoms with Crippen LogP contribution in [0.4, 0.5) is 0 Å². The predicted octanol–water partition coefficient (Wildman–Crippen LogP) is 6.98. The smallest absolute Gasteiger partial charge is 0.220 e. The number of rotatable bonds is 20. The first-order valence-corrected chi connectivity index (χ1v) is 23.2. The summed E-state index contributed by atoms with van der Waals surface area (Å²) in [5, 5.41) is 12.6. The van der Waals surface area contributed by atoms with Gasteiger partial charge in [0.15, 0.2) is 0 Å². The van der Waals surface area contributed by atoms with Crippen molar-refractivity contribution in [2.75, 3.05) is 52.4 Å². The lowest BCUT2D eigenvalue weighted by Gasteiger charge is -2.06. The molecule has 11 N–H and O–H groups in total. The fourth-order valence-corrected chi connectivity index (χ4v) is 9.27. The first kappa shape index (κ1) is 47.1. The van der Waals surface area contributed by atoms with Crippen molar-refractivity contribution in [2.45, 2.75) is 107 Å². The van der Waals surface area contributed by atoms with Crippen molar-refractivity contribution >= 4 is 67.2 Å². The van der Waals surface area contributed by atoms with Gasteiger partial charge in [0.2, 0.25) is 11.8 Å². The zero-order valence-corrected chi connectivity index (χ0v) is 39.0. The normalized spacial score (nSPS) is 12.8. The molecule has 0 radical (unpaired) electrons. The van der Waals surface area contributed by atoms with Gasteiger partial charge in [-0.25, -0.2) is 9.97 Å². The zero-order valence-electron chi connectivity index (χ0n) is 39.0. The summed E-state index contributed by atoms with van der Waals surface area (Å²) in [4.78, 5) is 48.5. The van der Waals surface area contributed by atoms with Gasteiger partial charge < -0.3 is 47.7 Å². The lowest BCUT2D eigenvalue weighted by atomic mass is 9.99. The first-order valence-electron chi connectivity index (χ1n) is 23.2. The van der Waals surface area contributed by atoms with Crippen molar-refractivity contribution < 1.29 is 9.59 Å². The van der Waals surface area contributed by atoms with Gasteiger partial charge in [0, 0.05) is 98.3 Å². The monoisotopic (exact) mass is 858 g/mol. The maximum Gasteiger partial charge on any atom is 0.220 e. The summed E-state index contributed by atoms with van der Waals surface area (Å²) in [6, 6.07) is 8.83. The highest BCUT2D eigenvalue weighted by Crippen LogP contribution is 2.40. The Balaban J connectivity index is 1.60. The van der Waals surface area contributed by atoms with E-state index in [4.69, 9.17) is 21.4 Å². The van der Waals surface area contributed by atoms with Gasteiger partial charge in [-0.1, -0.05) is 27.7 Å². The molecule has 0 aliphatic carbocycles. The predicted molar refractivity (Wildman–Crippen MR) is 262 cm³/mol. The average molecular weight is 858 g/mol. The number of nitrogens with two attached hydrogens (primary N) is 2. The lowest BCUT2D eigenvalue weighted by Crippen LogP contribution is -2.33. The Morgan fingerprint density at radius 2 is 0.889 bits per heavy atom. The number of aryl methyl sites for hydroxylation is 6. The van der Waals surface area contributed by atoms with E-state index in [1.54, 1.807) is 0 Å². The molecular weight excluding hydrogens is 787 g/mol. The summed E-state index contributed by atoms with van der Waals surface area (Å²) < 4.78 is 0.